The maximum absolute atomic E-state index is 9.24. The molecule has 0 aromatic heterocycles. The molecule has 0 aromatic rings. The van der Waals surface area contributed by atoms with Crippen LogP contribution in [-0.4, -0.2) is 41.4 Å². The van der Waals surface area contributed by atoms with Crippen LogP contribution < -0.4 is 0 Å². The van der Waals surface area contributed by atoms with Crippen molar-refractivity contribution in [3.63, 3.8) is 0 Å². The zero-order chi connectivity index (χ0) is 8.24. The lowest BCUT2D eigenvalue weighted by Gasteiger charge is -1.79. The zero-order valence-electron chi connectivity index (χ0n) is 5.86. The quantitative estimate of drug-likeness (QED) is 0.446. The lowest BCUT2D eigenvalue weighted by Crippen LogP contribution is -1.85. The largest absolute Gasteiger partial charge is 0.396 e. The van der Waals surface area contributed by atoms with Gasteiger partial charge in [0.15, 0.2) is 0 Å². The molecule has 0 saturated carbocycles. The second-order valence-corrected chi connectivity index (χ2v) is 1.48. The summed E-state index contributed by atoms with van der Waals surface area (Å²) in [6.07, 6.45) is 1.44. The summed E-state index contributed by atoms with van der Waals surface area (Å²) in [6, 6.07) is 0. The Labute approximate surface area is 60.1 Å². The van der Waals surface area contributed by atoms with Gasteiger partial charge in [0.1, 0.15) is 6.29 Å². The van der Waals surface area contributed by atoms with Gasteiger partial charge in [0.2, 0.25) is 0 Å². The molecule has 0 aliphatic rings. The van der Waals surface area contributed by atoms with Crippen molar-refractivity contribution in [1.29, 1.82) is 0 Å². The van der Waals surface area contributed by atoms with E-state index < -0.39 is 0 Å². The minimum Gasteiger partial charge on any atom is -0.396 e. The van der Waals surface area contributed by atoms with Crippen molar-refractivity contribution in [3.05, 3.63) is 0 Å². The van der Waals surface area contributed by atoms with Gasteiger partial charge in [-0.3, -0.25) is 0 Å². The van der Waals surface area contributed by atoms with E-state index in [1.807, 2.05) is 0 Å². The molecule has 0 atom stereocenters. The van der Waals surface area contributed by atoms with E-state index in [0.717, 1.165) is 0 Å². The van der Waals surface area contributed by atoms with Gasteiger partial charge in [-0.2, -0.15) is 0 Å². The van der Waals surface area contributed by atoms with Crippen molar-refractivity contribution in [2.75, 3.05) is 19.8 Å². The molecule has 0 aromatic carbocycles. The molecule has 0 rings (SSSR count). The summed E-state index contributed by atoms with van der Waals surface area (Å²) < 4.78 is 0. The van der Waals surface area contributed by atoms with E-state index in [9.17, 15) is 4.79 Å². The van der Waals surface area contributed by atoms with E-state index >= 15 is 0 Å². The molecule has 62 valence electrons. The normalized spacial score (nSPS) is 7.90. The predicted molar refractivity (Wildman–Crippen MR) is 36.6 cm³/mol. The van der Waals surface area contributed by atoms with E-state index in [0.29, 0.717) is 12.7 Å². The van der Waals surface area contributed by atoms with Crippen LogP contribution in [0.5, 0.6) is 0 Å². The lowest BCUT2D eigenvalue weighted by molar-refractivity contribution is -0.108. The smallest absolute Gasteiger partial charge is 0.122 e. The molecule has 0 fully saturated rings. The van der Waals surface area contributed by atoms with Crippen molar-refractivity contribution >= 4 is 6.29 Å². The zero-order valence-corrected chi connectivity index (χ0v) is 5.86. The van der Waals surface area contributed by atoms with Crippen LogP contribution in [0.1, 0.15) is 12.8 Å². The van der Waals surface area contributed by atoms with Crippen molar-refractivity contribution in [3.8, 4) is 0 Å². The molecule has 0 aliphatic heterocycles. The molecular weight excluding hydrogens is 136 g/mol. The van der Waals surface area contributed by atoms with Crippen LogP contribution >= 0.6 is 0 Å². The van der Waals surface area contributed by atoms with Gasteiger partial charge in [-0.15, -0.1) is 0 Å². The molecule has 10 heavy (non-hydrogen) atoms. The second-order valence-electron chi connectivity index (χ2n) is 1.48. The first-order valence-electron chi connectivity index (χ1n) is 3.09. The number of aliphatic hydroxyl groups excluding tert-OH is 3. The van der Waals surface area contributed by atoms with Gasteiger partial charge in [-0.1, -0.05) is 0 Å². The predicted octanol–water partition coefficient (Wildman–Crippen LogP) is -1.07. The van der Waals surface area contributed by atoms with Crippen LogP contribution in [0.15, 0.2) is 0 Å². The topological polar surface area (TPSA) is 77.8 Å². The second kappa shape index (κ2) is 15.8. The van der Waals surface area contributed by atoms with Gasteiger partial charge in [0, 0.05) is 26.2 Å². The lowest BCUT2D eigenvalue weighted by atomic mass is 10.5. The van der Waals surface area contributed by atoms with Crippen molar-refractivity contribution in [2.45, 2.75) is 12.8 Å². The first-order chi connectivity index (χ1) is 4.83. The minimum atomic E-state index is -0.0243. The van der Waals surface area contributed by atoms with E-state index in [-0.39, 0.29) is 26.2 Å². The number of aldehydes is 1. The maximum atomic E-state index is 9.24. The molecule has 0 aliphatic carbocycles. The van der Waals surface area contributed by atoms with Gasteiger partial charge in [0.05, 0.1) is 0 Å². The molecule has 0 saturated heterocycles. The third kappa shape index (κ3) is 25.7. The minimum absolute atomic E-state index is 0.0243. The molecule has 4 nitrogen and oxygen atoms in total. The fourth-order valence-corrected chi connectivity index (χ4v) is 0.123. The Kier molecular flexibility index (Phi) is 19.4. The molecule has 0 amide bonds. The molecule has 0 spiro atoms. The highest BCUT2D eigenvalue weighted by molar-refractivity contribution is 5.49. The molecular formula is C6H14O4. The van der Waals surface area contributed by atoms with Gasteiger partial charge in [0.25, 0.3) is 0 Å². The highest BCUT2D eigenvalue weighted by Crippen LogP contribution is 1.65. The first kappa shape index (κ1) is 12.2. The van der Waals surface area contributed by atoms with Crippen LogP contribution in [0.25, 0.3) is 0 Å². The summed E-state index contributed by atoms with van der Waals surface area (Å²) in [5, 5.41) is 23.6. The van der Waals surface area contributed by atoms with Gasteiger partial charge >= 0.3 is 0 Å². The number of hydrogen-bond donors (Lipinski definition) is 3. The average Bonchev–Trinajstić information content (AvgIpc) is 1.93. The van der Waals surface area contributed by atoms with E-state index in [1.165, 1.54) is 0 Å². The summed E-state index contributed by atoms with van der Waals surface area (Å²) in [5.74, 6) is 0. The summed E-state index contributed by atoms with van der Waals surface area (Å²) >= 11 is 0. The van der Waals surface area contributed by atoms with Crippen molar-refractivity contribution < 1.29 is 20.1 Å². The molecule has 0 heterocycles. The van der Waals surface area contributed by atoms with Gasteiger partial charge < -0.3 is 20.1 Å². The molecule has 0 radical (unpaired) electrons. The number of carbonyl (C=O) groups is 1. The Morgan fingerprint density at radius 3 is 1.50 bits per heavy atom. The standard InChI is InChI=1S/C3H8O2.C3H6O2/c2*4-2-1-3-5/h4-5H,1-3H2;2,5H,1,3H2. The van der Waals surface area contributed by atoms with Gasteiger partial charge in [-0.25, -0.2) is 0 Å². The Balaban J connectivity index is 0. The number of aliphatic hydroxyl groups is 3. The van der Waals surface area contributed by atoms with E-state index in [4.69, 9.17) is 15.3 Å². The Morgan fingerprint density at radius 1 is 1.00 bits per heavy atom. The highest BCUT2D eigenvalue weighted by Gasteiger charge is 1.70. The molecule has 4 heteroatoms. The number of rotatable bonds is 4. The molecule has 3 N–H and O–H groups in total. The third-order valence-electron chi connectivity index (χ3n) is 0.563. The summed E-state index contributed by atoms with van der Waals surface area (Å²) in [5.41, 5.74) is 0. The first-order valence-corrected chi connectivity index (χ1v) is 3.09. The van der Waals surface area contributed by atoms with Crippen LogP contribution in [0, 0.1) is 0 Å². The van der Waals surface area contributed by atoms with Crippen LogP contribution in [-0.2, 0) is 4.79 Å². The maximum Gasteiger partial charge on any atom is 0.122 e. The van der Waals surface area contributed by atoms with Crippen molar-refractivity contribution in [2.24, 2.45) is 0 Å². The Hall–Kier alpha value is -0.450. The fourth-order valence-electron chi connectivity index (χ4n) is 0.123. The third-order valence-corrected chi connectivity index (χ3v) is 0.563. The summed E-state index contributed by atoms with van der Waals surface area (Å²) in [7, 11) is 0. The Bertz CT molecular complexity index is 53.7. The summed E-state index contributed by atoms with van der Waals surface area (Å²) in [6.45, 7) is 0.163. The van der Waals surface area contributed by atoms with E-state index in [2.05, 4.69) is 0 Å². The highest BCUT2D eigenvalue weighted by atomic mass is 16.3. The van der Waals surface area contributed by atoms with Crippen LogP contribution in [0.2, 0.25) is 0 Å². The molecule has 0 unspecified atom stereocenters. The van der Waals surface area contributed by atoms with Crippen LogP contribution in [0.3, 0.4) is 0 Å². The number of hydrogen-bond acceptors (Lipinski definition) is 4. The fraction of sp³-hybridized carbons (Fsp3) is 0.833. The summed E-state index contributed by atoms with van der Waals surface area (Å²) in [4.78, 5) is 9.24. The van der Waals surface area contributed by atoms with Crippen molar-refractivity contribution in [1.82, 2.24) is 0 Å². The monoisotopic (exact) mass is 150 g/mol. The molecule has 0 bridgehead atoms. The van der Waals surface area contributed by atoms with Crippen LogP contribution in [0.4, 0.5) is 0 Å². The average molecular weight is 150 g/mol. The Morgan fingerprint density at radius 2 is 1.50 bits per heavy atom. The van der Waals surface area contributed by atoms with E-state index in [1.54, 1.807) is 0 Å². The SMILES string of the molecule is O=CCCO.OCCCO. The number of carbonyl (C=O) groups excluding carboxylic acids is 1. The van der Waals surface area contributed by atoms with Gasteiger partial charge in [-0.05, 0) is 6.42 Å².